The summed E-state index contributed by atoms with van der Waals surface area (Å²) in [6.45, 7) is 1.19. The molecule has 1 aliphatic rings. The Hall–Kier alpha value is -2.11. The summed E-state index contributed by atoms with van der Waals surface area (Å²) >= 11 is 0. The molecule has 0 radical (unpaired) electrons. The minimum absolute atomic E-state index is 0.0138. The van der Waals surface area contributed by atoms with Crippen LogP contribution in [0.5, 0.6) is 0 Å². The summed E-state index contributed by atoms with van der Waals surface area (Å²) < 4.78 is 0. The van der Waals surface area contributed by atoms with Crippen LogP contribution in [0.3, 0.4) is 0 Å². The van der Waals surface area contributed by atoms with Crippen LogP contribution >= 0.6 is 0 Å². The Balaban J connectivity index is 1.71. The van der Waals surface area contributed by atoms with Crippen LogP contribution in [-0.2, 0) is 13.0 Å². The number of rotatable bonds is 4. The third-order valence-corrected chi connectivity index (χ3v) is 3.82. The van der Waals surface area contributed by atoms with Crippen molar-refractivity contribution in [1.82, 2.24) is 4.90 Å². The summed E-state index contributed by atoms with van der Waals surface area (Å²) in [5, 5.41) is 18.4. The van der Waals surface area contributed by atoms with Crippen LogP contribution in [-0.4, -0.2) is 34.5 Å². The second kappa shape index (κ2) is 5.72. The third kappa shape index (κ3) is 2.84. The Bertz CT molecular complexity index is 658. The molecule has 0 saturated heterocycles. The second-order valence-corrected chi connectivity index (χ2v) is 5.25. The average molecular weight is 281 g/mol. The lowest BCUT2D eigenvalue weighted by Crippen LogP contribution is -2.30. The van der Waals surface area contributed by atoms with Crippen molar-refractivity contribution < 1.29 is 14.8 Å². The molecule has 0 unspecified atom stereocenters. The number of fused-ring (bicyclic) bond motifs is 1. The Morgan fingerprint density at radius 3 is 2.57 bits per heavy atom. The minimum atomic E-state index is -1.50. The van der Waals surface area contributed by atoms with Crippen molar-refractivity contribution in [2.75, 3.05) is 6.54 Å². The highest BCUT2D eigenvalue weighted by molar-refractivity contribution is 6.58. The van der Waals surface area contributed by atoms with E-state index in [1.165, 1.54) is 5.56 Å². The van der Waals surface area contributed by atoms with Gasteiger partial charge in [0.15, 0.2) is 0 Å². The highest BCUT2D eigenvalue weighted by Crippen LogP contribution is 2.22. The maximum Gasteiger partial charge on any atom is 0.488 e. The van der Waals surface area contributed by atoms with Crippen molar-refractivity contribution in [3.63, 3.8) is 0 Å². The number of carbonyl (C=O) groups is 1. The van der Waals surface area contributed by atoms with Gasteiger partial charge in [0.2, 0.25) is 0 Å². The summed E-state index contributed by atoms with van der Waals surface area (Å²) in [7, 11) is -1.50. The van der Waals surface area contributed by atoms with Crippen LogP contribution < -0.4 is 5.46 Å². The second-order valence-electron chi connectivity index (χ2n) is 5.25. The molecule has 1 aliphatic heterocycles. The van der Waals surface area contributed by atoms with Crippen LogP contribution in [0.2, 0.25) is 0 Å². The molecule has 1 amide bonds. The van der Waals surface area contributed by atoms with E-state index < -0.39 is 7.12 Å². The first-order valence-corrected chi connectivity index (χ1v) is 6.97. The highest BCUT2D eigenvalue weighted by Gasteiger charge is 2.28. The monoisotopic (exact) mass is 281 g/mol. The van der Waals surface area contributed by atoms with Gasteiger partial charge >= 0.3 is 7.12 Å². The normalized spacial score (nSPS) is 13.4. The van der Waals surface area contributed by atoms with E-state index in [1.807, 2.05) is 30.3 Å². The van der Waals surface area contributed by atoms with Gasteiger partial charge in [-0.05, 0) is 29.1 Å². The molecule has 1 heterocycles. The summed E-state index contributed by atoms with van der Waals surface area (Å²) in [5.74, 6) is 0.0138. The van der Waals surface area contributed by atoms with Gasteiger partial charge in [-0.25, -0.2) is 0 Å². The molecule has 0 aromatic heterocycles. The van der Waals surface area contributed by atoms with Crippen LogP contribution in [0.4, 0.5) is 0 Å². The van der Waals surface area contributed by atoms with E-state index in [-0.39, 0.29) is 5.91 Å². The SMILES string of the molecule is O=C1c2ccc(B(O)O)cc2CN1CCc1ccccc1. The smallest absolute Gasteiger partial charge is 0.423 e. The Labute approximate surface area is 123 Å². The molecule has 0 spiro atoms. The van der Waals surface area contributed by atoms with E-state index in [0.717, 1.165) is 12.0 Å². The lowest BCUT2D eigenvalue weighted by Gasteiger charge is -2.15. The molecule has 2 aromatic rings. The fourth-order valence-electron chi connectivity index (χ4n) is 2.65. The third-order valence-electron chi connectivity index (χ3n) is 3.82. The molecular weight excluding hydrogens is 265 g/mol. The van der Waals surface area contributed by atoms with Gasteiger partial charge in [-0.1, -0.05) is 42.5 Å². The van der Waals surface area contributed by atoms with Crippen molar-refractivity contribution >= 4 is 18.5 Å². The van der Waals surface area contributed by atoms with Crippen molar-refractivity contribution in [2.45, 2.75) is 13.0 Å². The zero-order valence-corrected chi connectivity index (χ0v) is 11.6. The molecule has 0 atom stereocenters. The fraction of sp³-hybridized carbons (Fsp3) is 0.188. The molecule has 0 bridgehead atoms. The molecule has 2 aromatic carbocycles. The van der Waals surface area contributed by atoms with E-state index in [4.69, 9.17) is 0 Å². The number of carbonyl (C=O) groups excluding carboxylic acids is 1. The van der Waals surface area contributed by atoms with Crippen LogP contribution in [0.1, 0.15) is 21.5 Å². The highest BCUT2D eigenvalue weighted by atomic mass is 16.4. The molecule has 3 rings (SSSR count). The van der Waals surface area contributed by atoms with Gasteiger partial charge in [0, 0.05) is 18.7 Å². The standard InChI is InChI=1S/C16H16BNO3/c19-16-15-7-6-14(17(20)21)10-13(15)11-18(16)9-8-12-4-2-1-3-5-12/h1-7,10,20-21H,8-9,11H2. The molecule has 4 nitrogen and oxygen atoms in total. The lowest BCUT2D eigenvalue weighted by molar-refractivity contribution is 0.0780. The van der Waals surface area contributed by atoms with Gasteiger partial charge < -0.3 is 14.9 Å². The van der Waals surface area contributed by atoms with E-state index in [0.29, 0.717) is 24.1 Å². The maximum atomic E-state index is 12.3. The predicted octanol–water partition coefficient (Wildman–Crippen LogP) is 0.565. The van der Waals surface area contributed by atoms with E-state index in [1.54, 1.807) is 23.1 Å². The number of benzene rings is 2. The topological polar surface area (TPSA) is 60.8 Å². The van der Waals surface area contributed by atoms with Crippen LogP contribution in [0.25, 0.3) is 0 Å². The van der Waals surface area contributed by atoms with Gasteiger partial charge in [-0.3, -0.25) is 4.79 Å². The Kier molecular flexibility index (Phi) is 3.77. The summed E-state index contributed by atoms with van der Waals surface area (Å²) in [4.78, 5) is 14.1. The van der Waals surface area contributed by atoms with Crippen molar-refractivity contribution in [1.29, 1.82) is 0 Å². The van der Waals surface area contributed by atoms with Gasteiger partial charge in [0.1, 0.15) is 0 Å². The number of nitrogens with zero attached hydrogens (tertiary/aromatic N) is 1. The summed E-state index contributed by atoms with van der Waals surface area (Å²) in [6, 6.07) is 15.0. The van der Waals surface area contributed by atoms with Gasteiger partial charge in [0.25, 0.3) is 5.91 Å². The molecule has 2 N–H and O–H groups in total. The van der Waals surface area contributed by atoms with Gasteiger partial charge in [-0.15, -0.1) is 0 Å². The number of hydrogen-bond donors (Lipinski definition) is 2. The first-order valence-electron chi connectivity index (χ1n) is 6.97. The van der Waals surface area contributed by atoms with E-state index >= 15 is 0 Å². The van der Waals surface area contributed by atoms with E-state index in [9.17, 15) is 14.8 Å². The molecule has 0 saturated carbocycles. The predicted molar refractivity (Wildman–Crippen MR) is 81.2 cm³/mol. The molecule has 0 aliphatic carbocycles. The molecule has 5 heteroatoms. The van der Waals surface area contributed by atoms with E-state index in [2.05, 4.69) is 0 Å². The Morgan fingerprint density at radius 1 is 1.10 bits per heavy atom. The Morgan fingerprint density at radius 2 is 1.86 bits per heavy atom. The van der Waals surface area contributed by atoms with Gasteiger partial charge in [0.05, 0.1) is 0 Å². The van der Waals surface area contributed by atoms with Crippen LogP contribution in [0, 0.1) is 0 Å². The number of amides is 1. The zero-order chi connectivity index (χ0) is 14.8. The van der Waals surface area contributed by atoms with Crippen molar-refractivity contribution in [3.8, 4) is 0 Å². The quantitative estimate of drug-likeness (QED) is 0.805. The van der Waals surface area contributed by atoms with Gasteiger partial charge in [-0.2, -0.15) is 0 Å². The molecular formula is C16H16BNO3. The first kappa shape index (κ1) is 13.9. The summed E-state index contributed by atoms with van der Waals surface area (Å²) in [6.07, 6.45) is 0.816. The van der Waals surface area contributed by atoms with Crippen LogP contribution in [0.15, 0.2) is 48.5 Å². The first-order chi connectivity index (χ1) is 10.1. The van der Waals surface area contributed by atoms with Crippen molar-refractivity contribution in [3.05, 3.63) is 65.2 Å². The lowest BCUT2D eigenvalue weighted by atomic mass is 9.79. The average Bonchev–Trinajstić information content (AvgIpc) is 2.82. The largest absolute Gasteiger partial charge is 0.488 e. The fourth-order valence-corrected chi connectivity index (χ4v) is 2.65. The zero-order valence-electron chi connectivity index (χ0n) is 11.6. The molecule has 21 heavy (non-hydrogen) atoms. The molecule has 106 valence electrons. The summed E-state index contributed by atoms with van der Waals surface area (Å²) in [5.41, 5.74) is 3.14. The van der Waals surface area contributed by atoms with Crippen molar-refractivity contribution in [2.24, 2.45) is 0 Å². The maximum absolute atomic E-state index is 12.3. The minimum Gasteiger partial charge on any atom is -0.423 e. The molecule has 0 fully saturated rings. The number of hydrogen-bond acceptors (Lipinski definition) is 3.